The van der Waals surface area contributed by atoms with Crippen molar-refractivity contribution < 1.29 is 9.18 Å². The standard InChI is InChI=1S/C14H10ClFN2OS/c15-10-4-1-5-11(13(10)16)18-14(19)12-7-6-9(20-12)3-2-8-17/h1,4-7H,8,17H2,(H,18,19). The highest BCUT2D eigenvalue weighted by Gasteiger charge is 2.12. The molecule has 0 saturated carbocycles. The summed E-state index contributed by atoms with van der Waals surface area (Å²) < 4.78 is 13.7. The molecule has 1 aromatic heterocycles. The van der Waals surface area contributed by atoms with Gasteiger partial charge in [-0.25, -0.2) is 4.39 Å². The zero-order chi connectivity index (χ0) is 14.5. The Bertz CT molecular complexity index is 703. The van der Waals surface area contributed by atoms with E-state index in [0.717, 1.165) is 4.88 Å². The van der Waals surface area contributed by atoms with E-state index < -0.39 is 11.7 Å². The van der Waals surface area contributed by atoms with Gasteiger partial charge in [-0.3, -0.25) is 4.79 Å². The van der Waals surface area contributed by atoms with Crippen molar-refractivity contribution in [1.29, 1.82) is 0 Å². The van der Waals surface area contributed by atoms with Gasteiger partial charge in [-0.1, -0.05) is 29.5 Å². The fraction of sp³-hybridized carbons (Fsp3) is 0.0714. The highest BCUT2D eigenvalue weighted by molar-refractivity contribution is 7.14. The minimum absolute atomic E-state index is 0.0384. The summed E-state index contributed by atoms with van der Waals surface area (Å²) in [5.74, 6) is 4.48. The van der Waals surface area contributed by atoms with Crippen LogP contribution in [0.1, 0.15) is 14.5 Å². The number of nitrogens with two attached hydrogens (primary N) is 1. The van der Waals surface area contributed by atoms with Crippen LogP contribution in [0, 0.1) is 17.7 Å². The molecule has 20 heavy (non-hydrogen) atoms. The number of thiophene rings is 1. The Morgan fingerprint density at radius 1 is 1.40 bits per heavy atom. The van der Waals surface area contributed by atoms with E-state index in [-0.39, 0.29) is 17.3 Å². The lowest BCUT2D eigenvalue weighted by Crippen LogP contribution is -2.11. The maximum atomic E-state index is 13.7. The lowest BCUT2D eigenvalue weighted by atomic mass is 10.3. The van der Waals surface area contributed by atoms with Crippen molar-refractivity contribution in [2.24, 2.45) is 5.73 Å². The molecule has 0 aliphatic heterocycles. The van der Waals surface area contributed by atoms with E-state index in [0.29, 0.717) is 4.88 Å². The number of hydrogen-bond donors (Lipinski definition) is 2. The second-order valence-corrected chi connectivity index (χ2v) is 5.22. The second kappa shape index (κ2) is 6.53. The average molecular weight is 309 g/mol. The number of carbonyl (C=O) groups is 1. The third-order valence-electron chi connectivity index (χ3n) is 2.34. The first-order valence-corrected chi connectivity index (χ1v) is 6.85. The van der Waals surface area contributed by atoms with Crippen LogP contribution in [0.2, 0.25) is 5.02 Å². The van der Waals surface area contributed by atoms with Gasteiger partial charge in [0.1, 0.15) is 0 Å². The first-order valence-electron chi connectivity index (χ1n) is 5.66. The molecule has 2 rings (SSSR count). The molecular weight excluding hydrogens is 299 g/mol. The third kappa shape index (κ3) is 3.36. The number of carbonyl (C=O) groups excluding carboxylic acids is 1. The molecule has 1 heterocycles. The molecule has 0 bridgehead atoms. The van der Waals surface area contributed by atoms with Crippen LogP contribution in [0.4, 0.5) is 10.1 Å². The van der Waals surface area contributed by atoms with Gasteiger partial charge in [-0.15, -0.1) is 11.3 Å². The van der Waals surface area contributed by atoms with E-state index in [1.165, 1.54) is 23.5 Å². The van der Waals surface area contributed by atoms with E-state index in [1.807, 2.05) is 0 Å². The fourth-order valence-electron chi connectivity index (χ4n) is 1.45. The number of anilines is 1. The van der Waals surface area contributed by atoms with Crippen LogP contribution < -0.4 is 11.1 Å². The van der Waals surface area contributed by atoms with Crippen molar-refractivity contribution in [1.82, 2.24) is 0 Å². The fourth-order valence-corrected chi connectivity index (χ4v) is 2.40. The van der Waals surface area contributed by atoms with Gasteiger partial charge in [0.15, 0.2) is 5.82 Å². The van der Waals surface area contributed by atoms with Gasteiger partial charge < -0.3 is 11.1 Å². The summed E-state index contributed by atoms with van der Waals surface area (Å²) >= 11 is 6.86. The average Bonchev–Trinajstić information content (AvgIpc) is 2.90. The number of nitrogens with one attached hydrogen (secondary N) is 1. The summed E-state index contributed by atoms with van der Waals surface area (Å²) in [7, 11) is 0. The quantitative estimate of drug-likeness (QED) is 0.838. The predicted octanol–water partition coefficient (Wildman–Crippen LogP) is 3.10. The molecule has 0 atom stereocenters. The molecule has 0 radical (unpaired) electrons. The van der Waals surface area contributed by atoms with Crippen molar-refractivity contribution in [2.75, 3.05) is 11.9 Å². The van der Waals surface area contributed by atoms with Crippen LogP contribution in [-0.4, -0.2) is 12.5 Å². The Morgan fingerprint density at radius 2 is 2.20 bits per heavy atom. The zero-order valence-corrected chi connectivity index (χ0v) is 11.8. The third-order valence-corrected chi connectivity index (χ3v) is 3.63. The molecule has 0 saturated heterocycles. The van der Waals surface area contributed by atoms with Gasteiger partial charge in [0.25, 0.3) is 5.91 Å². The SMILES string of the molecule is NCC#Cc1ccc(C(=O)Nc2cccc(Cl)c2F)s1. The lowest BCUT2D eigenvalue weighted by molar-refractivity contribution is 0.103. The maximum Gasteiger partial charge on any atom is 0.265 e. The van der Waals surface area contributed by atoms with Crippen LogP contribution in [0.3, 0.4) is 0 Å². The van der Waals surface area contributed by atoms with E-state index in [1.54, 1.807) is 18.2 Å². The Kier molecular flexibility index (Phi) is 4.74. The number of rotatable bonds is 2. The summed E-state index contributed by atoms with van der Waals surface area (Å²) in [6.45, 7) is 0.257. The Hall–Kier alpha value is -1.87. The summed E-state index contributed by atoms with van der Waals surface area (Å²) in [5, 5.41) is 2.44. The molecule has 6 heteroatoms. The monoisotopic (exact) mass is 308 g/mol. The molecule has 1 amide bonds. The normalized spacial score (nSPS) is 9.75. The van der Waals surface area contributed by atoms with Gasteiger partial charge >= 0.3 is 0 Å². The topological polar surface area (TPSA) is 55.1 Å². The number of halogens is 2. The number of hydrogen-bond acceptors (Lipinski definition) is 3. The van der Waals surface area contributed by atoms with Gasteiger partial charge in [-0.2, -0.15) is 0 Å². The summed E-state index contributed by atoms with van der Waals surface area (Å²) in [6, 6.07) is 7.77. The highest BCUT2D eigenvalue weighted by Crippen LogP contribution is 2.23. The largest absolute Gasteiger partial charge is 0.320 e. The minimum atomic E-state index is -0.651. The highest BCUT2D eigenvalue weighted by atomic mass is 35.5. The smallest absolute Gasteiger partial charge is 0.265 e. The van der Waals surface area contributed by atoms with Gasteiger partial charge in [0, 0.05) is 0 Å². The first-order chi connectivity index (χ1) is 9.61. The van der Waals surface area contributed by atoms with E-state index in [9.17, 15) is 9.18 Å². The van der Waals surface area contributed by atoms with E-state index in [4.69, 9.17) is 17.3 Å². The van der Waals surface area contributed by atoms with Crippen molar-refractivity contribution in [3.05, 3.63) is 50.9 Å². The minimum Gasteiger partial charge on any atom is -0.320 e. The number of benzene rings is 1. The molecular formula is C14H10ClFN2OS. The Morgan fingerprint density at radius 3 is 2.95 bits per heavy atom. The van der Waals surface area contributed by atoms with Gasteiger partial charge in [-0.05, 0) is 24.3 Å². The van der Waals surface area contributed by atoms with Crippen LogP contribution in [-0.2, 0) is 0 Å². The maximum absolute atomic E-state index is 13.7. The van der Waals surface area contributed by atoms with Crippen molar-refractivity contribution in [3.8, 4) is 11.8 Å². The van der Waals surface area contributed by atoms with Gasteiger partial charge in [0.05, 0.1) is 27.0 Å². The van der Waals surface area contributed by atoms with Crippen molar-refractivity contribution in [2.45, 2.75) is 0 Å². The summed E-state index contributed by atoms with van der Waals surface area (Å²) in [6.07, 6.45) is 0. The molecule has 0 fully saturated rings. The van der Waals surface area contributed by atoms with Crippen LogP contribution >= 0.6 is 22.9 Å². The zero-order valence-electron chi connectivity index (χ0n) is 10.2. The molecule has 0 spiro atoms. The van der Waals surface area contributed by atoms with Crippen molar-refractivity contribution >= 4 is 34.5 Å². The van der Waals surface area contributed by atoms with Crippen LogP contribution in [0.25, 0.3) is 0 Å². The van der Waals surface area contributed by atoms with E-state index >= 15 is 0 Å². The summed E-state index contributed by atoms with van der Waals surface area (Å²) in [5.41, 5.74) is 5.32. The molecule has 1 aromatic carbocycles. The Balaban J connectivity index is 2.16. The second-order valence-electron chi connectivity index (χ2n) is 3.73. The summed E-state index contributed by atoms with van der Waals surface area (Å²) in [4.78, 5) is 13.1. The van der Waals surface area contributed by atoms with Crippen molar-refractivity contribution in [3.63, 3.8) is 0 Å². The van der Waals surface area contributed by atoms with Crippen LogP contribution in [0.15, 0.2) is 30.3 Å². The molecule has 0 aliphatic carbocycles. The molecule has 0 unspecified atom stereocenters. The van der Waals surface area contributed by atoms with Gasteiger partial charge in [0.2, 0.25) is 0 Å². The first kappa shape index (κ1) is 14.5. The lowest BCUT2D eigenvalue weighted by Gasteiger charge is -2.05. The number of amides is 1. The molecule has 102 valence electrons. The molecule has 2 aromatic rings. The van der Waals surface area contributed by atoms with E-state index in [2.05, 4.69) is 17.2 Å². The molecule has 3 nitrogen and oxygen atoms in total. The predicted molar refractivity (Wildman–Crippen MR) is 79.6 cm³/mol. The van der Waals surface area contributed by atoms with Crippen LogP contribution in [0.5, 0.6) is 0 Å². The molecule has 0 aliphatic rings. The molecule has 3 N–H and O–H groups in total. The Labute approximate surface area is 124 Å².